The van der Waals surface area contributed by atoms with Crippen LogP contribution in [0, 0.1) is 11.8 Å². The van der Waals surface area contributed by atoms with E-state index >= 15 is 0 Å². The number of rotatable bonds is 6. The molecule has 1 aromatic heterocycles. The Bertz CT molecular complexity index is 480. The van der Waals surface area contributed by atoms with Gasteiger partial charge in [0.2, 0.25) is 11.8 Å². The largest absolute Gasteiger partial charge is 0.346 e. The smallest absolute Gasteiger partial charge is 0.242 e. The van der Waals surface area contributed by atoms with Gasteiger partial charge in [-0.3, -0.25) is 9.59 Å². The van der Waals surface area contributed by atoms with Crippen molar-refractivity contribution >= 4 is 23.2 Å². The monoisotopic (exact) mass is 308 g/mol. The molecule has 21 heavy (non-hydrogen) atoms. The van der Waals surface area contributed by atoms with Crippen molar-refractivity contribution in [1.82, 2.24) is 10.6 Å². The predicted octanol–water partition coefficient (Wildman–Crippen LogP) is 2.87. The molecule has 2 atom stereocenters. The van der Waals surface area contributed by atoms with E-state index < -0.39 is 6.04 Å². The van der Waals surface area contributed by atoms with Gasteiger partial charge in [-0.25, -0.2) is 0 Å². The van der Waals surface area contributed by atoms with Crippen LogP contribution < -0.4 is 10.6 Å². The zero-order chi connectivity index (χ0) is 15.4. The number of nitrogens with one attached hydrogen (secondary N) is 2. The summed E-state index contributed by atoms with van der Waals surface area (Å²) in [6, 6.07) is 3.54. The third-order valence-electron chi connectivity index (χ3n) is 4.04. The molecule has 0 aliphatic heterocycles. The average molecular weight is 308 g/mol. The van der Waals surface area contributed by atoms with E-state index in [9.17, 15) is 9.59 Å². The molecule has 2 unspecified atom stereocenters. The summed E-state index contributed by atoms with van der Waals surface area (Å²) >= 11 is 1.64. The minimum Gasteiger partial charge on any atom is -0.346 e. The molecule has 4 nitrogen and oxygen atoms in total. The molecule has 1 fully saturated rings. The fourth-order valence-electron chi connectivity index (χ4n) is 2.38. The van der Waals surface area contributed by atoms with Crippen LogP contribution in [0.2, 0.25) is 0 Å². The quantitative estimate of drug-likeness (QED) is 0.849. The molecule has 1 heterocycles. The van der Waals surface area contributed by atoms with Crippen LogP contribution in [0.3, 0.4) is 0 Å². The van der Waals surface area contributed by atoms with Gasteiger partial charge in [-0.1, -0.05) is 26.3 Å². The molecule has 0 spiro atoms. The maximum Gasteiger partial charge on any atom is 0.242 e. The highest BCUT2D eigenvalue weighted by Crippen LogP contribution is 2.27. The molecule has 1 aliphatic carbocycles. The SMILES string of the molecule is CC(NC(=O)C1CCC1)C(=O)NC(c1cccs1)C(C)C. The van der Waals surface area contributed by atoms with Crippen molar-refractivity contribution in [3.05, 3.63) is 22.4 Å². The number of carbonyl (C=O) groups is 2. The van der Waals surface area contributed by atoms with Crippen molar-refractivity contribution in [1.29, 1.82) is 0 Å². The summed E-state index contributed by atoms with van der Waals surface area (Å²) in [5.74, 6) is 0.316. The van der Waals surface area contributed by atoms with E-state index in [0.29, 0.717) is 5.92 Å². The maximum absolute atomic E-state index is 12.3. The van der Waals surface area contributed by atoms with Crippen LogP contribution in [-0.2, 0) is 9.59 Å². The van der Waals surface area contributed by atoms with Crippen molar-refractivity contribution in [3.8, 4) is 0 Å². The Balaban J connectivity index is 1.90. The third kappa shape index (κ3) is 4.06. The lowest BCUT2D eigenvalue weighted by molar-refractivity contribution is -0.132. The maximum atomic E-state index is 12.3. The number of amides is 2. The van der Waals surface area contributed by atoms with Gasteiger partial charge in [-0.15, -0.1) is 11.3 Å². The first kappa shape index (κ1) is 16.0. The zero-order valence-electron chi connectivity index (χ0n) is 12.9. The van der Waals surface area contributed by atoms with Gasteiger partial charge in [-0.05, 0) is 37.1 Å². The second-order valence-electron chi connectivity index (χ2n) is 6.10. The van der Waals surface area contributed by atoms with Gasteiger partial charge in [0.05, 0.1) is 6.04 Å². The fraction of sp³-hybridized carbons (Fsp3) is 0.625. The van der Waals surface area contributed by atoms with Gasteiger partial charge in [0.1, 0.15) is 6.04 Å². The van der Waals surface area contributed by atoms with E-state index in [0.717, 1.165) is 24.1 Å². The molecule has 1 aliphatic rings. The van der Waals surface area contributed by atoms with E-state index in [1.807, 2.05) is 17.5 Å². The van der Waals surface area contributed by atoms with E-state index in [4.69, 9.17) is 0 Å². The lowest BCUT2D eigenvalue weighted by atomic mass is 9.84. The minimum atomic E-state index is -0.487. The van der Waals surface area contributed by atoms with E-state index in [-0.39, 0.29) is 23.8 Å². The molecule has 5 heteroatoms. The molecule has 0 radical (unpaired) electrons. The Morgan fingerprint density at radius 3 is 2.43 bits per heavy atom. The number of thiophene rings is 1. The Morgan fingerprint density at radius 1 is 1.24 bits per heavy atom. The molecular weight excluding hydrogens is 284 g/mol. The minimum absolute atomic E-state index is 0.000514. The van der Waals surface area contributed by atoms with Crippen LogP contribution in [0.15, 0.2) is 17.5 Å². The first-order valence-corrected chi connectivity index (χ1v) is 8.51. The molecule has 2 N–H and O–H groups in total. The summed E-state index contributed by atoms with van der Waals surface area (Å²) in [6.45, 7) is 5.92. The number of hydrogen-bond acceptors (Lipinski definition) is 3. The van der Waals surface area contributed by atoms with Crippen molar-refractivity contribution in [3.63, 3.8) is 0 Å². The average Bonchev–Trinajstić information content (AvgIpc) is 2.86. The summed E-state index contributed by atoms with van der Waals surface area (Å²) in [5.41, 5.74) is 0. The van der Waals surface area contributed by atoms with Gasteiger partial charge >= 0.3 is 0 Å². The van der Waals surface area contributed by atoms with E-state index in [1.165, 1.54) is 0 Å². The van der Waals surface area contributed by atoms with Crippen LogP contribution in [0.1, 0.15) is 51.0 Å². The Labute approximate surface area is 130 Å². The first-order valence-electron chi connectivity index (χ1n) is 7.63. The van der Waals surface area contributed by atoms with Gasteiger partial charge in [0.15, 0.2) is 0 Å². The van der Waals surface area contributed by atoms with Gasteiger partial charge in [-0.2, -0.15) is 0 Å². The van der Waals surface area contributed by atoms with Gasteiger partial charge in [0, 0.05) is 10.8 Å². The summed E-state index contributed by atoms with van der Waals surface area (Å²) in [5, 5.41) is 7.89. The standard InChI is InChI=1S/C16H24N2O2S/c1-10(2)14(13-8-5-9-21-13)18-15(19)11(3)17-16(20)12-6-4-7-12/h5,8-12,14H,4,6-7H2,1-3H3,(H,17,20)(H,18,19). The number of hydrogen-bond donors (Lipinski definition) is 2. The Morgan fingerprint density at radius 2 is 1.95 bits per heavy atom. The van der Waals surface area contributed by atoms with Crippen LogP contribution in [0.5, 0.6) is 0 Å². The van der Waals surface area contributed by atoms with E-state index in [1.54, 1.807) is 18.3 Å². The Kier molecular flexibility index (Phi) is 5.39. The highest BCUT2D eigenvalue weighted by atomic mass is 32.1. The first-order chi connectivity index (χ1) is 9.99. The Hall–Kier alpha value is -1.36. The van der Waals surface area contributed by atoms with Crippen LogP contribution in [-0.4, -0.2) is 17.9 Å². The second-order valence-corrected chi connectivity index (χ2v) is 7.08. The third-order valence-corrected chi connectivity index (χ3v) is 5.00. The number of carbonyl (C=O) groups excluding carboxylic acids is 2. The summed E-state index contributed by atoms with van der Waals surface area (Å²) in [7, 11) is 0. The highest BCUT2D eigenvalue weighted by Gasteiger charge is 2.28. The van der Waals surface area contributed by atoms with Crippen molar-refractivity contribution in [2.75, 3.05) is 0 Å². The molecular formula is C16H24N2O2S. The van der Waals surface area contributed by atoms with E-state index in [2.05, 4.69) is 24.5 Å². The molecule has 0 saturated heterocycles. The normalized spacial score (nSPS) is 17.9. The second kappa shape index (κ2) is 7.07. The van der Waals surface area contributed by atoms with Crippen molar-refractivity contribution < 1.29 is 9.59 Å². The lowest BCUT2D eigenvalue weighted by Crippen LogP contribution is -2.48. The topological polar surface area (TPSA) is 58.2 Å². The molecule has 2 amide bonds. The molecule has 116 valence electrons. The molecule has 1 saturated carbocycles. The molecule has 0 bridgehead atoms. The van der Waals surface area contributed by atoms with Crippen molar-refractivity contribution in [2.24, 2.45) is 11.8 Å². The summed E-state index contributed by atoms with van der Waals surface area (Å²) < 4.78 is 0. The van der Waals surface area contributed by atoms with Gasteiger partial charge < -0.3 is 10.6 Å². The van der Waals surface area contributed by atoms with Crippen LogP contribution >= 0.6 is 11.3 Å². The van der Waals surface area contributed by atoms with Crippen LogP contribution in [0.4, 0.5) is 0 Å². The van der Waals surface area contributed by atoms with Crippen molar-refractivity contribution in [2.45, 2.75) is 52.1 Å². The highest BCUT2D eigenvalue weighted by molar-refractivity contribution is 7.10. The summed E-state index contributed by atoms with van der Waals surface area (Å²) in [4.78, 5) is 25.3. The lowest BCUT2D eigenvalue weighted by Gasteiger charge is -2.27. The van der Waals surface area contributed by atoms with Gasteiger partial charge in [0.25, 0.3) is 0 Å². The predicted molar refractivity (Wildman–Crippen MR) is 85.0 cm³/mol. The molecule has 2 rings (SSSR count). The fourth-order valence-corrected chi connectivity index (χ4v) is 3.33. The molecule has 0 aromatic carbocycles. The molecule has 1 aromatic rings. The zero-order valence-corrected chi connectivity index (χ0v) is 13.7. The summed E-state index contributed by atoms with van der Waals surface area (Å²) in [6.07, 6.45) is 3.01. The van der Waals surface area contributed by atoms with Crippen LogP contribution in [0.25, 0.3) is 0 Å².